The van der Waals surface area contributed by atoms with Gasteiger partial charge in [-0.1, -0.05) is 6.92 Å². The van der Waals surface area contributed by atoms with Crippen LogP contribution >= 0.6 is 0 Å². The summed E-state index contributed by atoms with van der Waals surface area (Å²) < 4.78 is 38.1. The number of rotatable bonds is 2. The lowest BCUT2D eigenvalue weighted by atomic mass is 10.1. The maximum absolute atomic E-state index is 13.1. The van der Waals surface area contributed by atoms with Gasteiger partial charge in [0.15, 0.2) is 11.6 Å². The van der Waals surface area contributed by atoms with E-state index in [9.17, 15) is 13.0 Å². The molecule has 1 saturated carbocycles. The molecule has 0 amide bonds. The number of halogens is 2. The van der Waals surface area contributed by atoms with Crippen molar-refractivity contribution in [2.45, 2.75) is 36.0 Å². The lowest BCUT2D eigenvalue weighted by Crippen LogP contribution is -2.29. The standard InChI is InChI=1S/C12H15F2NOS/c1-7-11(15)4-5-12(7)17(16)8-2-3-9(13)10(14)6-8/h2-3,6-7,11-12H,4-5,15H2,1H3. The topological polar surface area (TPSA) is 43.1 Å². The minimum absolute atomic E-state index is 0.0502. The highest BCUT2D eigenvalue weighted by atomic mass is 32.2. The van der Waals surface area contributed by atoms with E-state index >= 15 is 0 Å². The van der Waals surface area contributed by atoms with Gasteiger partial charge in [-0.15, -0.1) is 0 Å². The molecule has 1 aliphatic carbocycles. The minimum atomic E-state index is -1.31. The Balaban J connectivity index is 2.22. The van der Waals surface area contributed by atoms with Crippen molar-refractivity contribution in [3.63, 3.8) is 0 Å². The van der Waals surface area contributed by atoms with Crippen LogP contribution in [0.15, 0.2) is 23.1 Å². The van der Waals surface area contributed by atoms with Crippen molar-refractivity contribution in [1.82, 2.24) is 0 Å². The average molecular weight is 259 g/mol. The van der Waals surface area contributed by atoms with Crippen molar-refractivity contribution >= 4 is 10.8 Å². The van der Waals surface area contributed by atoms with Crippen LogP contribution in [0.2, 0.25) is 0 Å². The van der Waals surface area contributed by atoms with Gasteiger partial charge in [-0.3, -0.25) is 4.21 Å². The molecular weight excluding hydrogens is 244 g/mol. The van der Waals surface area contributed by atoms with E-state index in [-0.39, 0.29) is 17.2 Å². The van der Waals surface area contributed by atoms with Crippen LogP contribution in [-0.2, 0) is 10.8 Å². The Bertz CT molecular complexity index is 452. The van der Waals surface area contributed by atoms with Gasteiger partial charge in [-0.2, -0.15) is 0 Å². The van der Waals surface area contributed by atoms with E-state index in [2.05, 4.69) is 0 Å². The van der Waals surface area contributed by atoms with E-state index in [1.165, 1.54) is 6.07 Å². The molecule has 4 atom stereocenters. The van der Waals surface area contributed by atoms with E-state index in [0.717, 1.165) is 25.0 Å². The molecular formula is C12H15F2NOS. The van der Waals surface area contributed by atoms with E-state index in [1.54, 1.807) is 0 Å². The van der Waals surface area contributed by atoms with Crippen molar-refractivity contribution < 1.29 is 13.0 Å². The van der Waals surface area contributed by atoms with Crippen LogP contribution in [0.3, 0.4) is 0 Å². The first-order valence-corrected chi connectivity index (χ1v) is 6.83. The summed E-state index contributed by atoms with van der Waals surface area (Å²) in [5.74, 6) is -1.73. The van der Waals surface area contributed by atoms with E-state index in [0.29, 0.717) is 4.90 Å². The van der Waals surface area contributed by atoms with Crippen LogP contribution in [0.5, 0.6) is 0 Å². The Hall–Kier alpha value is -0.810. The van der Waals surface area contributed by atoms with Crippen LogP contribution in [0.25, 0.3) is 0 Å². The molecule has 2 rings (SSSR count). The number of hydrogen-bond acceptors (Lipinski definition) is 2. The summed E-state index contributed by atoms with van der Waals surface area (Å²) in [6.07, 6.45) is 1.61. The summed E-state index contributed by atoms with van der Waals surface area (Å²) in [4.78, 5) is 0.342. The smallest absolute Gasteiger partial charge is 0.160 e. The molecule has 0 heterocycles. The molecule has 1 fully saturated rings. The third-order valence-corrected chi connectivity index (χ3v) is 5.38. The normalized spacial score (nSPS) is 30.5. The van der Waals surface area contributed by atoms with Crippen molar-refractivity contribution in [2.75, 3.05) is 0 Å². The molecule has 0 bridgehead atoms. The predicted octanol–water partition coefficient (Wildman–Crippen LogP) is 2.20. The molecule has 0 saturated heterocycles. The Labute approximate surface area is 102 Å². The summed E-state index contributed by atoms with van der Waals surface area (Å²) >= 11 is 0. The quantitative estimate of drug-likeness (QED) is 0.884. The lowest BCUT2D eigenvalue weighted by Gasteiger charge is -2.17. The minimum Gasteiger partial charge on any atom is -0.327 e. The third-order valence-electron chi connectivity index (χ3n) is 3.44. The van der Waals surface area contributed by atoms with Gasteiger partial charge in [0.2, 0.25) is 0 Å². The van der Waals surface area contributed by atoms with E-state index in [1.807, 2.05) is 6.92 Å². The van der Waals surface area contributed by atoms with E-state index in [4.69, 9.17) is 5.73 Å². The molecule has 0 aliphatic heterocycles. The molecule has 0 spiro atoms. The second-order valence-corrected chi connectivity index (χ2v) is 6.18. The number of benzene rings is 1. The van der Waals surface area contributed by atoms with Gasteiger partial charge in [0.25, 0.3) is 0 Å². The fourth-order valence-electron chi connectivity index (χ4n) is 2.24. The van der Waals surface area contributed by atoms with Crippen LogP contribution < -0.4 is 5.73 Å². The maximum atomic E-state index is 13.1. The second kappa shape index (κ2) is 4.82. The molecule has 1 aromatic rings. The zero-order valence-electron chi connectivity index (χ0n) is 9.53. The first kappa shape index (κ1) is 12.6. The highest BCUT2D eigenvalue weighted by Crippen LogP contribution is 2.31. The first-order chi connectivity index (χ1) is 8.00. The average Bonchev–Trinajstić information content (AvgIpc) is 2.63. The van der Waals surface area contributed by atoms with Crippen LogP contribution in [0, 0.1) is 17.6 Å². The monoisotopic (exact) mass is 259 g/mol. The molecule has 5 heteroatoms. The van der Waals surface area contributed by atoms with E-state index < -0.39 is 22.4 Å². The van der Waals surface area contributed by atoms with Crippen molar-refractivity contribution in [1.29, 1.82) is 0 Å². The summed E-state index contributed by atoms with van der Waals surface area (Å²) in [5, 5.41) is -0.0603. The summed E-state index contributed by atoms with van der Waals surface area (Å²) in [6.45, 7) is 1.96. The third kappa shape index (κ3) is 2.40. The molecule has 0 radical (unpaired) electrons. The Morgan fingerprint density at radius 3 is 2.53 bits per heavy atom. The fraction of sp³-hybridized carbons (Fsp3) is 0.500. The molecule has 4 unspecified atom stereocenters. The molecule has 1 aliphatic rings. The summed E-state index contributed by atoms with van der Waals surface area (Å²) in [6, 6.07) is 3.46. The van der Waals surface area contributed by atoms with Crippen molar-refractivity contribution in [3.05, 3.63) is 29.8 Å². The van der Waals surface area contributed by atoms with Crippen molar-refractivity contribution in [2.24, 2.45) is 11.7 Å². The summed E-state index contributed by atoms with van der Waals surface area (Å²) in [5.41, 5.74) is 5.87. The first-order valence-electron chi connectivity index (χ1n) is 5.62. The van der Waals surface area contributed by atoms with Crippen LogP contribution in [-0.4, -0.2) is 15.5 Å². The highest BCUT2D eigenvalue weighted by Gasteiger charge is 2.35. The zero-order chi connectivity index (χ0) is 12.6. The van der Waals surface area contributed by atoms with Crippen molar-refractivity contribution in [3.8, 4) is 0 Å². The van der Waals surface area contributed by atoms with Crippen LogP contribution in [0.4, 0.5) is 8.78 Å². The van der Waals surface area contributed by atoms with Gasteiger partial charge in [-0.25, -0.2) is 8.78 Å². The van der Waals surface area contributed by atoms with Gasteiger partial charge >= 0.3 is 0 Å². The molecule has 2 nitrogen and oxygen atoms in total. The van der Waals surface area contributed by atoms with Gasteiger partial charge in [0.05, 0.1) is 10.8 Å². The second-order valence-electron chi connectivity index (χ2n) is 4.51. The van der Waals surface area contributed by atoms with Gasteiger partial charge in [0, 0.05) is 16.2 Å². The molecule has 1 aromatic carbocycles. The SMILES string of the molecule is CC1C(N)CCC1S(=O)c1ccc(F)c(F)c1. The Kier molecular flexibility index (Phi) is 3.58. The summed E-state index contributed by atoms with van der Waals surface area (Å²) in [7, 11) is -1.31. The molecule has 17 heavy (non-hydrogen) atoms. The lowest BCUT2D eigenvalue weighted by molar-refractivity contribution is 0.504. The number of nitrogens with two attached hydrogens (primary N) is 1. The fourth-order valence-corrected chi connectivity index (χ4v) is 3.95. The predicted molar refractivity (Wildman–Crippen MR) is 62.9 cm³/mol. The Morgan fingerprint density at radius 1 is 1.29 bits per heavy atom. The molecule has 2 N–H and O–H groups in total. The van der Waals surface area contributed by atoms with Crippen LogP contribution in [0.1, 0.15) is 19.8 Å². The van der Waals surface area contributed by atoms with Gasteiger partial charge < -0.3 is 5.73 Å². The molecule has 0 aromatic heterocycles. The Morgan fingerprint density at radius 2 is 2.00 bits per heavy atom. The largest absolute Gasteiger partial charge is 0.327 e. The molecule has 94 valence electrons. The van der Waals surface area contributed by atoms with Gasteiger partial charge in [0.1, 0.15) is 0 Å². The number of hydrogen-bond donors (Lipinski definition) is 1. The van der Waals surface area contributed by atoms with Gasteiger partial charge in [-0.05, 0) is 37.0 Å². The zero-order valence-corrected chi connectivity index (χ0v) is 10.3. The maximum Gasteiger partial charge on any atom is 0.160 e. The highest BCUT2D eigenvalue weighted by molar-refractivity contribution is 7.85.